The van der Waals surface area contributed by atoms with E-state index in [1.807, 2.05) is 42.5 Å². The summed E-state index contributed by atoms with van der Waals surface area (Å²) in [5.74, 6) is 0.482. The Hall–Kier alpha value is -3.61. The number of benzene rings is 1. The Morgan fingerprint density at radius 1 is 1.16 bits per heavy atom. The second kappa shape index (κ2) is 9.47. The van der Waals surface area contributed by atoms with Gasteiger partial charge in [-0.05, 0) is 43.7 Å². The fraction of sp³-hybridized carbons (Fsp3) is 0.292. The predicted molar refractivity (Wildman–Crippen MR) is 117 cm³/mol. The van der Waals surface area contributed by atoms with Crippen molar-refractivity contribution in [1.82, 2.24) is 15.3 Å². The highest BCUT2D eigenvalue weighted by atomic mass is 16.5. The van der Waals surface area contributed by atoms with Crippen LogP contribution >= 0.6 is 0 Å². The summed E-state index contributed by atoms with van der Waals surface area (Å²) in [6.45, 7) is 3.28. The summed E-state index contributed by atoms with van der Waals surface area (Å²) in [6.07, 6.45) is 3.50. The quantitative estimate of drug-likeness (QED) is 0.428. The summed E-state index contributed by atoms with van der Waals surface area (Å²) in [5.41, 5.74) is 5.28. The highest BCUT2D eigenvalue weighted by molar-refractivity contribution is 5.97. The van der Waals surface area contributed by atoms with E-state index in [1.54, 1.807) is 13.1 Å². The first kappa shape index (κ1) is 20.7. The van der Waals surface area contributed by atoms with Crippen LogP contribution in [0.1, 0.15) is 35.8 Å². The van der Waals surface area contributed by atoms with E-state index in [0.29, 0.717) is 38.2 Å². The number of nitrogens with zero attached hydrogens (tertiary/aromatic N) is 1. The minimum Gasteiger partial charge on any atom is -0.494 e. The summed E-state index contributed by atoms with van der Waals surface area (Å²) in [4.78, 5) is 31.3. The topological polar surface area (TPSA) is 93.3 Å². The summed E-state index contributed by atoms with van der Waals surface area (Å²) < 4.78 is 10.7. The molecule has 3 heterocycles. The van der Waals surface area contributed by atoms with Crippen molar-refractivity contribution < 1.29 is 19.1 Å². The number of ether oxygens (including phenoxy) is 2. The van der Waals surface area contributed by atoms with Crippen molar-refractivity contribution in [1.29, 1.82) is 0 Å². The molecule has 0 unspecified atom stereocenters. The second-order valence-corrected chi connectivity index (χ2v) is 7.30. The van der Waals surface area contributed by atoms with E-state index >= 15 is 0 Å². The minimum absolute atomic E-state index is 0.0363. The molecule has 0 saturated heterocycles. The van der Waals surface area contributed by atoms with Gasteiger partial charge in [-0.15, -0.1) is 0 Å². The Morgan fingerprint density at radius 2 is 2.06 bits per heavy atom. The lowest BCUT2D eigenvalue weighted by atomic mass is 10.1. The number of carbonyl (C=O) groups is 2. The highest BCUT2D eigenvalue weighted by Gasteiger charge is 2.20. The first-order chi connectivity index (χ1) is 15.1. The van der Waals surface area contributed by atoms with Gasteiger partial charge in [0.05, 0.1) is 24.5 Å². The largest absolute Gasteiger partial charge is 0.494 e. The van der Waals surface area contributed by atoms with E-state index in [1.165, 1.54) is 0 Å². The number of hydrogen-bond acceptors (Lipinski definition) is 5. The number of aromatic amines is 1. The molecule has 0 radical (unpaired) electrons. The molecule has 31 heavy (non-hydrogen) atoms. The second-order valence-electron chi connectivity index (χ2n) is 7.30. The molecule has 2 N–H and O–H groups in total. The average molecular weight is 419 g/mol. The smallest absolute Gasteiger partial charge is 0.305 e. The molecule has 1 amide bonds. The van der Waals surface area contributed by atoms with Crippen molar-refractivity contribution in [2.45, 2.75) is 26.2 Å². The van der Waals surface area contributed by atoms with Gasteiger partial charge in [-0.2, -0.15) is 0 Å². The summed E-state index contributed by atoms with van der Waals surface area (Å²) >= 11 is 0. The van der Waals surface area contributed by atoms with E-state index in [4.69, 9.17) is 9.47 Å². The van der Waals surface area contributed by atoms with E-state index in [0.717, 1.165) is 40.4 Å². The van der Waals surface area contributed by atoms with Gasteiger partial charge in [0.1, 0.15) is 5.75 Å². The predicted octanol–water partition coefficient (Wildman–Crippen LogP) is 3.75. The first-order valence-electron chi connectivity index (χ1n) is 10.5. The van der Waals surface area contributed by atoms with Crippen molar-refractivity contribution in [3.8, 4) is 28.3 Å². The van der Waals surface area contributed by atoms with Crippen molar-refractivity contribution in [3.63, 3.8) is 0 Å². The zero-order valence-corrected chi connectivity index (χ0v) is 17.4. The van der Waals surface area contributed by atoms with Crippen LogP contribution in [0.25, 0.3) is 22.5 Å². The van der Waals surface area contributed by atoms with Gasteiger partial charge in [-0.25, -0.2) is 0 Å². The van der Waals surface area contributed by atoms with Crippen LogP contribution in [0.3, 0.4) is 0 Å². The first-order valence-corrected chi connectivity index (χ1v) is 10.5. The van der Waals surface area contributed by atoms with Crippen LogP contribution in [0.15, 0.2) is 48.7 Å². The molecule has 0 atom stereocenters. The molecule has 0 fully saturated rings. The molecule has 7 heteroatoms. The van der Waals surface area contributed by atoms with E-state index in [2.05, 4.69) is 15.3 Å². The number of pyridine rings is 1. The maximum absolute atomic E-state index is 12.1. The number of esters is 1. The lowest BCUT2D eigenvalue weighted by Gasteiger charge is -2.11. The number of nitrogens with one attached hydrogen (secondary N) is 2. The van der Waals surface area contributed by atoms with Crippen LogP contribution in [0.5, 0.6) is 5.75 Å². The van der Waals surface area contributed by atoms with Crippen LogP contribution in [-0.2, 0) is 16.0 Å². The number of rotatable bonds is 8. The van der Waals surface area contributed by atoms with Crippen LogP contribution < -0.4 is 10.1 Å². The van der Waals surface area contributed by atoms with Crippen LogP contribution in [-0.4, -0.2) is 41.6 Å². The SMILES string of the molecule is CCOC(=O)CCCOc1cccc(-c2cc(-c3cc4c([nH]3)CCNC4=O)ccn2)c1. The van der Waals surface area contributed by atoms with Crippen molar-refractivity contribution in [3.05, 3.63) is 59.9 Å². The van der Waals surface area contributed by atoms with Gasteiger partial charge in [0.25, 0.3) is 5.91 Å². The van der Waals surface area contributed by atoms with Crippen molar-refractivity contribution >= 4 is 11.9 Å². The Morgan fingerprint density at radius 3 is 2.90 bits per heavy atom. The van der Waals surface area contributed by atoms with E-state index < -0.39 is 0 Å². The van der Waals surface area contributed by atoms with Gasteiger partial charge in [0.15, 0.2) is 0 Å². The van der Waals surface area contributed by atoms with Gasteiger partial charge in [-0.1, -0.05) is 12.1 Å². The number of carbonyl (C=O) groups excluding carboxylic acids is 2. The zero-order chi connectivity index (χ0) is 21.6. The molecular formula is C24H25N3O4. The maximum atomic E-state index is 12.1. The third-order valence-electron chi connectivity index (χ3n) is 5.10. The standard InChI is InChI=1S/C24H25N3O4/c1-2-30-23(28)7-4-12-31-18-6-3-5-16(13-18)21-14-17(8-10-25-21)22-15-19-20(27-22)9-11-26-24(19)29/h3,5-6,8,10,13-15,27H,2,4,7,9,11-12H2,1H3,(H,26,29). The average Bonchev–Trinajstić information content (AvgIpc) is 3.23. The molecule has 1 aliphatic rings. The van der Waals surface area contributed by atoms with Gasteiger partial charge in [0, 0.05) is 48.1 Å². The minimum atomic E-state index is -0.204. The number of aromatic nitrogens is 2. The van der Waals surface area contributed by atoms with Gasteiger partial charge in [0.2, 0.25) is 0 Å². The molecule has 2 aromatic heterocycles. The van der Waals surface area contributed by atoms with E-state index in [-0.39, 0.29) is 11.9 Å². The van der Waals surface area contributed by atoms with Crippen LogP contribution in [0, 0.1) is 0 Å². The lowest BCUT2D eigenvalue weighted by molar-refractivity contribution is -0.143. The van der Waals surface area contributed by atoms with E-state index in [9.17, 15) is 9.59 Å². The molecule has 3 aromatic rings. The molecule has 7 nitrogen and oxygen atoms in total. The number of amides is 1. The zero-order valence-electron chi connectivity index (χ0n) is 17.4. The van der Waals surface area contributed by atoms with Crippen molar-refractivity contribution in [2.24, 2.45) is 0 Å². The molecule has 1 aromatic carbocycles. The Bertz CT molecular complexity index is 1090. The molecule has 0 spiro atoms. The molecule has 0 bridgehead atoms. The number of fused-ring (bicyclic) bond motifs is 1. The molecule has 0 saturated carbocycles. The number of hydrogen-bond donors (Lipinski definition) is 2. The Kier molecular flexibility index (Phi) is 6.31. The monoisotopic (exact) mass is 419 g/mol. The van der Waals surface area contributed by atoms with Crippen LogP contribution in [0.2, 0.25) is 0 Å². The fourth-order valence-corrected chi connectivity index (χ4v) is 3.59. The van der Waals surface area contributed by atoms with Crippen molar-refractivity contribution in [2.75, 3.05) is 19.8 Å². The van der Waals surface area contributed by atoms with Gasteiger partial charge >= 0.3 is 5.97 Å². The lowest BCUT2D eigenvalue weighted by Crippen LogP contribution is -2.31. The summed E-state index contributed by atoms with van der Waals surface area (Å²) in [7, 11) is 0. The Labute approximate surface area is 180 Å². The molecule has 0 aliphatic carbocycles. The third-order valence-corrected chi connectivity index (χ3v) is 5.10. The van der Waals surface area contributed by atoms with Crippen LogP contribution in [0.4, 0.5) is 0 Å². The van der Waals surface area contributed by atoms with Gasteiger partial charge in [-0.3, -0.25) is 14.6 Å². The number of H-pyrrole nitrogens is 1. The molecular weight excluding hydrogens is 394 g/mol. The third kappa shape index (κ3) is 4.94. The summed E-state index contributed by atoms with van der Waals surface area (Å²) in [5, 5.41) is 2.87. The molecule has 4 rings (SSSR count). The normalized spacial score (nSPS) is 12.7. The maximum Gasteiger partial charge on any atom is 0.305 e. The summed E-state index contributed by atoms with van der Waals surface area (Å²) in [6, 6.07) is 13.5. The molecule has 1 aliphatic heterocycles. The van der Waals surface area contributed by atoms with Gasteiger partial charge < -0.3 is 19.8 Å². The fourth-order valence-electron chi connectivity index (χ4n) is 3.59. The highest BCUT2D eigenvalue weighted by Crippen LogP contribution is 2.28. The molecule has 160 valence electrons. The Balaban J connectivity index is 1.46.